The average molecular weight is 277 g/mol. The zero-order valence-electron chi connectivity index (χ0n) is 10.3. The second-order valence-corrected chi connectivity index (χ2v) is 4.20. The highest BCUT2D eigenvalue weighted by molar-refractivity contribution is 5.94. The van der Waals surface area contributed by atoms with Crippen molar-refractivity contribution in [3.8, 4) is 6.07 Å². The van der Waals surface area contributed by atoms with Crippen LogP contribution in [-0.4, -0.2) is 4.98 Å². The van der Waals surface area contributed by atoms with Gasteiger partial charge in [0.2, 0.25) is 0 Å². The molecule has 1 heterocycles. The van der Waals surface area contributed by atoms with Gasteiger partial charge in [0.15, 0.2) is 5.69 Å². The summed E-state index contributed by atoms with van der Waals surface area (Å²) in [6, 6.07) is 6.23. The van der Waals surface area contributed by atoms with Crippen molar-refractivity contribution in [3.05, 3.63) is 47.7 Å². The Kier molecular flexibility index (Phi) is 3.36. The molecule has 1 aromatic carbocycles. The first-order valence-corrected chi connectivity index (χ1v) is 5.68. The number of hydrogen-bond donors (Lipinski definition) is 1. The van der Waals surface area contributed by atoms with E-state index < -0.39 is 17.4 Å². The van der Waals surface area contributed by atoms with E-state index in [9.17, 15) is 13.2 Å². The molecule has 2 aromatic rings. The first kappa shape index (κ1) is 13.9. The van der Waals surface area contributed by atoms with Gasteiger partial charge in [-0.2, -0.15) is 18.4 Å². The minimum absolute atomic E-state index is 0.113. The molecule has 3 nitrogen and oxygen atoms in total. The minimum atomic E-state index is -4.72. The summed E-state index contributed by atoms with van der Waals surface area (Å²) >= 11 is 0. The number of halogens is 3. The van der Waals surface area contributed by atoms with Gasteiger partial charge in [0, 0.05) is 5.39 Å². The quantitative estimate of drug-likeness (QED) is 0.855. The molecule has 0 saturated heterocycles. The van der Waals surface area contributed by atoms with Crippen molar-refractivity contribution in [1.82, 2.24) is 4.98 Å². The minimum Gasteiger partial charge on any atom is -0.397 e. The van der Waals surface area contributed by atoms with Crippen LogP contribution in [0, 0.1) is 11.3 Å². The molecule has 102 valence electrons. The highest BCUT2D eigenvalue weighted by Crippen LogP contribution is 2.36. The molecule has 2 N–H and O–H groups in total. The number of fused-ring (bicyclic) bond motifs is 1. The lowest BCUT2D eigenvalue weighted by molar-refractivity contribution is -0.141. The second-order valence-electron chi connectivity index (χ2n) is 4.20. The number of nitrogen functional groups attached to an aromatic ring is 1. The summed E-state index contributed by atoms with van der Waals surface area (Å²) in [7, 11) is 0. The van der Waals surface area contributed by atoms with E-state index in [-0.39, 0.29) is 11.2 Å². The van der Waals surface area contributed by atoms with Crippen LogP contribution in [0.5, 0.6) is 0 Å². The van der Waals surface area contributed by atoms with Crippen LogP contribution >= 0.6 is 0 Å². The van der Waals surface area contributed by atoms with Gasteiger partial charge in [-0.1, -0.05) is 12.1 Å². The van der Waals surface area contributed by atoms with Gasteiger partial charge in [-0.15, -0.1) is 6.58 Å². The Labute approximate surface area is 113 Å². The third-order valence-electron chi connectivity index (χ3n) is 2.85. The molecule has 0 bridgehead atoms. The number of anilines is 1. The molecule has 0 aliphatic rings. The molecule has 6 heteroatoms. The van der Waals surface area contributed by atoms with Gasteiger partial charge in [-0.3, -0.25) is 0 Å². The van der Waals surface area contributed by atoms with Crippen LogP contribution in [0.1, 0.15) is 16.8 Å². The Balaban J connectivity index is 2.80. The summed E-state index contributed by atoms with van der Waals surface area (Å²) < 4.78 is 38.6. The van der Waals surface area contributed by atoms with E-state index in [1.54, 1.807) is 18.2 Å². The van der Waals surface area contributed by atoms with Gasteiger partial charge in [-0.25, -0.2) is 4.98 Å². The number of pyridine rings is 1. The maximum atomic E-state index is 12.9. The largest absolute Gasteiger partial charge is 0.434 e. The predicted octanol–water partition coefficient (Wildman–Crippen LogP) is 3.44. The fraction of sp³-hybridized carbons (Fsp3) is 0.143. The lowest BCUT2D eigenvalue weighted by Crippen LogP contribution is -2.13. The van der Waals surface area contributed by atoms with E-state index in [1.165, 1.54) is 12.1 Å². The van der Waals surface area contributed by atoms with Crippen molar-refractivity contribution < 1.29 is 13.2 Å². The first-order valence-electron chi connectivity index (χ1n) is 5.68. The fourth-order valence-corrected chi connectivity index (χ4v) is 1.95. The summed E-state index contributed by atoms with van der Waals surface area (Å²) in [5.41, 5.74) is 4.57. The first-order chi connectivity index (χ1) is 9.38. The monoisotopic (exact) mass is 277 g/mol. The summed E-state index contributed by atoms with van der Waals surface area (Å²) in [4.78, 5) is 3.53. The number of rotatable bonds is 2. The number of nitrogens with zero attached hydrogens (tertiary/aromatic N) is 2. The van der Waals surface area contributed by atoms with Crippen molar-refractivity contribution in [3.63, 3.8) is 0 Å². The number of benzene rings is 1. The lowest BCUT2D eigenvalue weighted by atomic mass is 10.0. The van der Waals surface area contributed by atoms with Crippen molar-refractivity contribution >= 4 is 16.6 Å². The van der Waals surface area contributed by atoms with E-state index in [1.807, 2.05) is 0 Å². The van der Waals surface area contributed by atoms with E-state index in [0.717, 1.165) is 5.56 Å². The fourth-order valence-electron chi connectivity index (χ4n) is 1.95. The molecule has 1 aromatic heterocycles. The number of hydrogen-bond acceptors (Lipinski definition) is 3. The Morgan fingerprint density at radius 3 is 2.65 bits per heavy atom. The zero-order valence-corrected chi connectivity index (χ0v) is 10.3. The van der Waals surface area contributed by atoms with Gasteiger partial charge < -0.3 is 5.73 Å². The average Bonchev–Trinajstić information content (AvgIpc) is 2.38. The van der Waals surface area contributed by atoms with Crippen LogP contribution in [0.3, 0.4) is 0 Å². The summed E-state index contributed by atoms with van der Waals surface area (Å²) in [6.07, 6.45) is -2.49. The van der Waals surface area contributed by atoms with Crippen LogP contribution in [0.15, 0.2) is 30.9 Å². The Morgan fingerprint density at radius 2 is 2.10 bits per heavy atom. The lowest BCUT2D eigenvalue weighted by Gasteiger charge is -2.12. The molecular weight excluding hydrogens is 267 g/mol. The topological polar surface area (TPSA) is 62.7 Å². The second kappa shape index (κ2) is 4.85. The molecule has 0 aliphatic carbocycles. The molecule has 0 aliphatic heterocycles. The van der Waals surface area contributed by atoms with Crippen molar-refractivity contribution in [2.24, 2.45) is 0 Å². The smallest absolute Gasteiger partial charge is 0.397 e. The van der Waals surface area contributed by atoms with Gasteiger partial charge in [-0.05, 0) is 24.1 Å². The maximum absolute atomic E-state index is 12.9. The van der Waals surface area contributed by atoms with E-state index >= 15 is 0 Å². The predicted molar refractivity (Wildman–Crippen MR) is 69.8 cm³/mol. The van der Waals surface area contributed by atoms with Crippen LogP contribution in [-0.2, 0) is 12.6 Å². The molecular formula is C14H10F3N3. The normalized spacial score (nSPS) is 11.3. The molecule has 0 saturated carbocycles. The highest BCUT2D eigenvalue weighted by Gasteiger charge is 2.37. The van der Waals surface area contributed by atoms with Crippen molar-refractivity contribution in [1.29, 1.82) is 5.26 Å². The van der Waals surface area contributed by atoms with Crippen molar-refractivity contribution in [2.45, 2.75) is 12.6 Å². The van der Waals surface area contributed by atoms with Gasteiger partial charge in [0.1, 0.15) is 11.6 Å². The number of alkyl halides is 3. The Hall–Kier alpha value is -2.55. The van der Waals surface area contributed by atoms with Crippen LogP contribution < -0.4 is 5.73 Å². The number of aromatic nitrogens is 1. The van der Waals surface area contributed by atoms with Crippen LogP contribution in [0.2, 0.25) is 0 Å². The highest BCUT2D eigenvalue weighted by atomic mass is 19.4. The van der Waals surface area contributed by atoms with E-state index in [4.69, 9.17) is 11.0 Å². The third kappa shape index (κ3) is 2.30. The Bertz CT molecular complexity index is 727. The van der Waals surface area contributed by atoms with E-state index in [2.05, 4.69) is 11.6 Å². The molecule has 0 atom stereocenters. The molecule has 0 radical (unpaired) electrons. The SMILES string of the molecule is C=CCc1ccc2nc(C(F)(F)F)c(C#N)c(N)c2c1. The van der Waals surface area contributed by atoms with E-state index in [0.29, 0.717) is 11.8 Å². The molecule has 0 fully saturated rings. The van der Waals surface area contributed by atoms with Gasteiger partial charge >= 0.3 is 6.18 Å². The number of allylic oxidation sites excluding steroid dienone is 1. The third-order valence-corrected chi connectivity index (χ3v) is 2.85. The maximum Gasteiger partial charge on any atom is 0.434 e. The summed E-state index contributed by atoms with van der Waals surface area (Å²) in [5, 5.41) is 9.25. The van der Waals surface area contributed by atoms with Gasteiger partial charge in [0.25, 0.3) is 0 Å². The van der Waals surface area contributed by atoms with Crippen LogP contribution in [0.4, 0.5) is 18.9 Å². The van der Waals surface area contributed by atoms with Crippen LogP contribution in [0.25, 0.3) is 10.9 Å². The van der Waals surface area contributed by atoms with Gasteiger partial charge in [0.05, 0.1) is 11.2 Å². The molecule has 0 amide bonds. The Morgan fingerprint density at radius 1 is 1.40 bits per heavy atom. The zero-order chi connectivity index (χ0) is 14.9. The molecule has 0 unspecified atom stereocenters. The summed E-state index contributed by atoms with van der Waals surface area (Å²) in [6.45, 7) is 3.59. The molecule has 20 heavy (non-hydrogen) atoms. The van der Waals surface area contributed by atoms with Crippen molar-refractivity contribution in [2.75, 3.05) is 5.73 Å². The summed E-state index contributed by atoms with van der Waals surface area (Å²) in [5.74, 6) is 0. The number of nitrogens with two attached hydrogens (primary N) is 1. The number of nitriles is 1. The molecule has 0 spiro atoms. The standard InChI is InChI=1S/C14H10F3N3/c1-2-3-8-4-5-11-9(6-8)12(19)10(7-18)13(20-11)14(15,16)17/h2,4-6H,1,3H2,(H2,19,20). The molecule has 2 rings (SSSR count).